The molecule has 2 unspecified atom stereocenters. The lowest BCUT2D eigenvalue weighted by atomic mass is 9.99. The first kappa shape index (κ1) is 15.7. The van der Waals surface area contributed by atoms with Crippen LogP contribution in [-0.2, 0) is 20.9 Å². The topological polar surface area (TPSA) is 75.6 Å². The van der Waals surface area contributed by atoms with Gasteiger partial charge in [-0.2, -0.15) is 0 Å². The summed E-state index contributed by atoms with van der Waals surface area (Å²) in [7, 11) is 0. The lowest BCUT2D eigenvalue weighted by Gasteiger charge is -2.16. The van der Waals surface area contributed by atoms with Gasteiger partial charge in [0.15, 0.2) is 0 Å². The van der Waals surface area contributed by atoms with Crippen molar-refractivity contribution < 1.29 is 19.4 Å². The summed E-state index contributed by atoms with van der Waals surface area (Å²) in [5.74, 6) is -0.986. The molecule has 0 bridgehead atoms. The Balaban J connectivity index is 1.85. The van der Waals surface area contributed by atoms with Crippen molar-refractivity contribution in [2.45, 2.75) is 32.4 Å². The first-order valence-corrected chi connectivity index (χ1v) is 7.86. The molecule has 0 aromatic carbocycles. The molecule has 1 aromatic heterocycles. The lowest BCUT2D eigenvalue weighted by Crippen LogP contribution is -2.34. The van der Waals surface area contributed by atoms with Gasteiger partial charge in [-0.3, -0.25) is 4.79 Å². The molecule has 0 spiro atoms. The molecule has 114 valence electrons. The number of carbonyl (C=O) groups is 2. The molecule has 0 aliphatic carbocycles. The smallest absolute Gasteiger partial charge is 0.328 e. The minimum atomic E-state index is -0.970. The molecule has 1 saturated heterocycles. The quantitative estimate of drug-likeness (QED) is 0.791. The first-order chi connectivity index (χ1) is 10.1. The second-order valence-electron chi connectivity index (χ2n) is 4.95. The highest BCUT2D eigenvalue weighted by atomic mass is 32.1. The van der Waals surface area contributed by atoms with Crippen molar-refractivity contribution in [3.63, 3.8) is 0 Å². The highest BCUT2D eigenvalue weighted by Crippen LogP contribution is 2.24. The van der Waals surface area contributed by atoms with Gasteiger partial charge in [-0.15, -0.1) is 11.3 Å². The SMILES string of the molecule is CCC1OCCC1C(=O)NCc1cc(/C=C/C(=O)O)cs1. The van der Waals surface area contributed by atoms with Crippen LogP contribution in [0, 0.1) is 5.92 Å². The highest BCUT2D eigenvalue weighted by molar-refractivity contribution is 7.10. The van der Waals surface area contributed by atoms with Gasteiger partial charge in [-0.1, -0.05) is 6.92 Å². The Labute approximate surface area is 127 Å². The number of nitrogens with one attached hydrogen (secondary N) is 1. The van der Waals surface area contributed by atoms with Crippen molar-refractivity contribution in [2.24, 2.45) is 5.92 Å². The van der Waals surface area contributed by atoms with E-state index in [0.29, 0.717) is 13.2 Å². The minimum absolute atomic E-state index is 0.0300. The third-order valence-corrected chi connectivity index (χ3v) is 4.43. The predicted octanol–water partition coefficient (Wildman–Crippen LogP) is 2.28. The van der Waals surface area contributed by atoms with Gasteiger partial charge in [0.2, 0.25) is 5.91 Å². The van der Waals surface area contributed by atoms with E-state index in [1.54, 1.807) is 6.08 Å². The third-order valence-electron chi connectivity index (χ3n) is 3.48. The largest absolute Gasteiger partial charge is 0.478 e. The number of hydrogen-bond donors (Lipinski definition) is 2. The monoisotopic (exact) mass is 309 g/mol. The first-order valence-electron chi connectivity index (χ1n) is 6.98. The van der Waals surface area contributed by atoms with E-state index in [9.17, 15) is 9.59 Å². The Morgan fingerprint density at radius 3 is 3.10 bits per heavy atom. The zero-order valence-electron chi connectivity index (χ0n) is 11.9. The number of carboxylic acid groups (broad SMARTS) is 1. The van der Waals surface area contributed by atoms with E-state index < -0.39 is 5.97 Å². The molecule has 2 atom stereocenters. The summed E-state index contributed by atoms with van der Waals surface area (Å²) in [6.07, 6.45) is 4.30. The van der Waals surface area contributed by atoms with Gasteiger partial charge in [-0.05, 0) is 35.9 Å². The molecule has 0 saturated carbocycles. The molecule has 21 heavy (non-hydrogen) atoms. The van der Waals surface area contributed by atoms with E-state index in [4.69, 9.17) is 9.84 Å². The maximum absolute atomic E-state index is 12.1. The fourth-order valence-corrected chi connectivity index (χ4v) is 3.20. The van der Waals surface area contributed by atoms with Crippen LogP contribution in [0.4, 0.5) is 0 Å². The zero-order chi connectivity index (χ0) is 15.2. The molecule has 0 radical (unpaired) electrons. The molecular formula is C15H19NO4S. The van der Waals surface area contributed by atoms with Crippen LogP contribution in [-0.4, -0.2) is 29.7 Å². The number of carbonyl (C=O) groups excluding carboxylic acids is 1. The number of aliphatic carboxylic acids is 1. The number of ether oxygens (including phenoxy) is 1. The minimum Gasteiger partial charge on any atom is -0.478 e. The number of amides is 1. The van der Waals surface area contributed by atoms with Gasteiger partial charge in [0.25, 0.3) is 0 Å². The fraction of sp³-hybridized carbons (Fsp3) is 0.467. The summed E-state index contributed by atoms with van der Waals surface area (Å²) >= 11 is 1.50. The van der Waals surface area contributed by atoms with Crippen molar-refractivity contribution in [3.05, 3.63) is 28.0 Å². The Morgan fingerprint density at radius 1 is 1.57 bits per heavy atom. The average Bonchev–Trinajstić information content (AvgIpc) is 3.11. The van der Waals surface area contributed by atoms with Crippen LogP contribution in [0.5, 0.6) is 0 Å². The van der Waals surface area contributed by atoms with Gasteiger partial charge in [0.05, 0.1) is 18.6 Å². The zero-order valence-corrected chi connectivity index (χ0v) is 12.7. The normalized spacial score (nSPS) is 21.8. The summed E-state index contributed by atoms with van der Waals surface area (Å²) in [5.41, 5.74) is 0.835. The van der Waals surface area contributed by atoms with E-state index >= 15 is 0 Å². The second kappa shape index (κ2) is 7.38. The lowest BCUT2D eigenvalue weighted by molar-refractivity contribution is -0.131. The van der Waals surface area contributed by atoms with Crippen LogP contribution >= 0.6 is 11.3 Å². The van der Waals surface area contributed by atoms with Gasteiger partial charge in [0.1, 0.15) is 0 Å². The van der Waals surface area contributed by atoms with Crippen LogP contribution in [0.2, 0.25) is 0 Å². The van der Waals surface area contributed by atoms with Crippen molar-refractivity contribution in [1.29, 1.82) is 0 Å². The van der Waals surface area contributed by atoms with E-state index in [0.717, 1.165) is 29.4 Å². The Morgan fingerprint density at radius 2 is 2.38 bits per heavy atom. The maximum Gasteiger partial charge on any atom is 0.328 e. The van der Waals surface area contributed by atoms with Gasteiger partial charge >= 0.3 is 5.97 Å². The molecule has 6 heteroatoms. The van der Waals surface area contributed by atoms with Crippen molar-refractivity contribution in [2.75, 3.05) is 6.61 Å². The van der Waals surface area contributed by atoms with E-state index in [-0.39, 0.29) is 17.9 Å². The summed E-state index contributed by atoms with van der Waals surface area (Å²) in [4.78, 5) is 23.6. The van der Waals surface area contributed by atoms with Crippen LogP contribution in [0.3, 0.4) is 0 Å². The maximum atomic E-state index is 12.1. The predicted molar refractivity (Wildman–Crippen MR) is 81.0 cm³/mol. The Bertz CT molecular complexity index is 538. The summed E-state index contributed by atoms with van der Waals surface area (Å²) in [6.45, 7) is 3.15. The summed E-state index contributed by atoms with van der Waals surface area (Å²) in [6, 6.07) is 1.88. The molecule has 2 N–H and O–H groups in total. The highest BCUT2D eigenvalue weighted by Gasteiger charge is 2.32. The summed E-state index contributed by atoms with van der Waals surface area (Å²) < 4.78 is 5.52. The summed E-state index contributed by atoms with van der Waals surface area (Å²) in [5, 5.41) is 13.4. The van der Waals surface area contributed by atoms with Crippen molar-refractivity contribution >= 4 is 29.3 Å². The molecule has 1 aliphatic heterocycles. The Hall–Kier alpha value is -1.66. The van der Waals surface area contributed by atoms with Gasteiger partial charge in [-0.25, -0.2) is 4.79 Å². The van der Waals surface area contributed by atoms with Crippen molar-refractivity contribution in [3.8, 4) is 0 Å². The standard InChI is InChI=1S/C15H19NO4S/c1-2-13-12(5-6-20-13)15(19)16-8-11-7-10(9-21-11)3-4-14(17)18/h3-4,7,9,12-13H,2,5-6,8H2,1H3,(H,16,19)(H,17,18)/b4-3+. The molecule has 2 heterocycles. The van der Waals surface area contributed by atoms with Gasteiger partial charge < -0.3 is 15.2 Å². The molecule has 1 fully saturated rings. The van der Waals surface area contributed by atoms with Crippen LogP contribution < -0.4 is 5.32 Å². The molecular weight excluding hydrogens is 290 g/mol. The number of rotatable bonds is 6. The van der Waals surface area contributed by atoms with Crippen molar-refractivity contribution in [1.82, 2.24) is 5.32 Å². The molecule has 5 nitrogen and oxygen atoms in total. The molecule has 1 amide bonds. The number of hydrogen-bond acceptors (Lipinski definition) is 4. The van der Waals surface area contributed by atoms with E-state index in [1.165, 1.54) is 11.3 Å². The van der Waals surface area contributed by atoms with Crippen LogP contribution in [0.1, 0.15) is 30.2 Å². The second-order valence-corrected chi connectivity index (χ2v) is 5.94. The van der Waals surface area contributed by atoms with E-state index in [1.807, 2.05) is 18.4 Å². The molecule has 1 aromatic rings. The van der Waals surface area contributed by atoms with Crippen LogP contribution in [0.15, 0.2) is 17.5 Å². The molecule has 1 aliphatic rings. The van der Waals surface area contributed by atoms with Crippen LogP contribution in [0.25, 0.3) is 6.08 Å². The number of thiophene rings is 1. The fourth-order valence-electron chi connectivity index (χ4n) is 2.40. The van der Waals surface area contributed by atoms with E-state index in [2.05, 4.69) is 5.32 Å². The van der Waals surface area contributed by atoms with Gasteiger partial charge in [0, 0.05) is 17.6 Å². The Kier molecular flexibility index (Phi) is 5.52. The molecule has 2 rings (SSSR count). The number of carboxylic acids is 1. The third kappa shape index (κ3) is 4.41. The average molecular weight is 309 g/mol.